The van der Waals surface area contributed by atoms with Crippen LogP contribution in [-0.2, 0) is 17.8 Å². The average Bonchev–Trinajstić information content (AvgIpc) is 3.06. The Labute approximate surface area is 134 Å². The number of thiazole rings is 1. The second-order valence-corrected chi connectivity index (χ2v) is 5.68. The highest BCUT2D eigenvalue weighted by molar-refractivity contribution is 7.15. The SMILES string of the molecule is O=C(Cc1cn2ccsc2n1)NCc1cccc(OC(F)F)c1. The number of halogens is 2. The number of fused-ring (bicyclic) bond motifs is 1. The monoisotopic (exact) mass is 337 g/mol. The molecule has 0 saturated heterocycles. The van der Waals surface area contributed by atoms with E-state index in [0.29, 0.717) is 11.3 Å². The average molecular weight is 337 g/mol. The van der Waals surface area contributed by atoms with E-state index in [9.17, 15) is 13.6 Å². The fraction of sp³-hybridized carbons (Fsp3) is 0.200. The highest BCUT2D eigenvalue weighted by atomic mass is 32.1. The Hall–Kier alpha value is -2.48. The molecule has 0 aliphatic carbocycles. The molecule has 3 rings (SSSR count). The highest BCUT2D eigenvalue weighted by Crippen LogP contribution is 2.16. The van der Waals surface area contributed by atoms with Crippen molar-refractivity contribution >= 4 is 22.2 Å². The summed E-state index contributed by atoms with van der Waals surface area (Å²) in [4.78, 5) is 17.1. The highest BCUT2D eigenvalue weighted by Gasteiger charge is 2.09. The fourth-order valence-electron chi connectivity index (χ4n) is 2.12. The molecule has 0 aliphatic heterocycles. The van der Waals surface area contributed by atoms with Gasteiger partial charge in [0, 0.05) is 24.3 Å². The Morgan fingerprint density at radius 1 is 1.43 bits per heavy atom. The van der Waals surface area contributed by atoms with Crippen LogP contribution in [0.4, 0.5) is 8.78 Å². The van der Waals surface area contributed by atoms with Crippen LogP contribution in [0.25, 0.3) is 4.96 Å². The van der Waals surface area contributed by atoms with Gasteiger partial charge in [-0.15, -0.1) is 11.3 Å². The third-order valence-electron chi connectivity index (χ3n) is 3.10. The van der Waals surface area contributed by atoms with Crippen LogP contribution in [0, 0.1) is 0 Å². The zero-order valence-corrected chi connectivity index (χ0v) is 12.7. The third kappa shape index (κ3) is 4.04. The van der Waals surface area contributed by atoms with Gasteiger partial charge >= 0.3 is 6.61 Å². The Morgan fingerprint density at radius 2 is 2.30 bits per heavy atom. The molecule has 2 heterocycles. The molecule has 0 aliphatic rings. The van der Waals surface area contributed by atoms with Gasteiger partial charge in [-0.1, -0.05) is 12.1 Å². The van der Waals surface area contributed by atoms with Crippen LogP contribution < -0.4 is 10.1 Å². The van der Waals surface area contributed by atoms with Crippen LogP contribution in [0.1, 0.15) is 11.3 Å². The Kier molecular flexibility index (Phi) is 4.52. The van der Waals surface area contributed by atoms with Crippen molar-refractivity contribution in [3.8, 4) is 5.75 Å². The molecule has 3 aromatic rings. The molecule has 0 atom stereocenters. The molecule has 2 aromatic heterocycles. The molecule has 0 radical (unpaired) electrons. The molecule has 1 aromatic carbocycles. The van der Waals surface area contributed by atoms with E-state index in [1.54, 1.807) is 12.1 Å². The fourth-order valence-corrected chi connectivity index (χ4v) is 2.84. The molecule has 8 heteroatoms. The summed E-state index contributed by atoms with van der Waals surface area (Å²) in [5.74, 6) is -0.114. The van der Waals surface area contributed by atoms with Gasteiger partial charge in [-0.3, -0.25) is 9.20 Å². The van der Waals surface area contributed by atoms with Gasteiger partial charge in [0.25, 0.3) is 0 Å². The van der Waals surface area contributed by atoms with Crippen molar-refractivity contribution in [3.05, 3.63) is 53.3 Å². The predicted octanol–water partition coefficient (Wildman–Crippen LogP) is 2.86. The molecule has 1 amide bonds. The van der Waals surface area contributed by atoms with Gasteiger partial charge < -0.3 is 10.1 Å². The van der Waals surface area contributed by atoms with Gasteiger partial charge in [0.1, 0.15) is 5.75 Å². The minimum Gasteiger partial charge on any atom is -0.435 e. The van der Waals surface area contributed by atoms with Gasteiger partial charge in [-0.2, -0.15) is 8.78 Å². The molecule has 0 bridgehead atoms. The van der Waals surface area contributed by atoms with Gasteiger partial charge in [0.05, 0.1) is 12.1 Å². The smallest absolute Gasteiger partial charge is 0.387 e. The minimum atomic E-state index is -2.87. The number of benzene rings is 1. The van der Waals surface area contributed by atoms with E-state index in [4.69, 9.17) is 0 Å². The summed E-state index contributed by atoms with van der Waals surface area (Å²) in [5, 5.41) is 4.65. The number of nitrogens with one attached hydrogen (secondary N) is 1. The summed E-state index contributed by atoms with van der Waals surface area (Å²) in [6.45, 7) is -2.63. The molecule has 120 valence electrons. The van der Waals surface area contributed by atoms with Crippen molar-refractivity contribution in [1.29, 1.82) is 0 Å². The molecule has 0 unspecified atom stereocenters. The molecule has 0 fully saturated rings. The minimum absolute atomic E-state index is 0.0705. The van der Waals surface area contributed by atoms with Crippen molar-refractivity contribution in [2.24, 2.45) is 0 Å². The van der Waals surface area contributed by atoms with Crippen molar-refractivity contribution in [3.63, 3.8) is 0 Å². The van der Waals surface area contributed by atoms with E-state index in [2.05, 4.69) is 15.0 Å². The van der Waals surface area contributed by atoms with Crippen LogP contribution in [-0.4, -0.2) is 21.9 Å². The standard InChI is InChI=1S/C15H13F2N3O2S/c16-14(17)22-12-3-1-2-10(6-12)8-18-13(21)7-11-9-20-4-5-23-15(20)19-11/h1-6,9,14H,7-8H2,(H,18,21). The first kappa shape index (κ1) is 15.4. The Balaban J connectivity index is 1.55. The second-order valence-electron chi connectivity index (χ2n) is 4.80. The molecule has 5 nitrogen and oxygen atoms in total. The molecule has 1 N–H and O–H groups in total. The summed E-state index contributed by atoms with van der Waals surface area (Å²) in [6, 6.07) is 6.24. The van der Waals surface area contributed by atoms with Crippen LogP contribution in [0.3, 0.4) is 0 Å². The second kappa shape index (κ2) is 6.74. The number of hydrogen-bond acceptors (Lipinski definition) is 4. The lowest BCUT2D eigenvalue weighted by Crippen LogP contribution is -2.24. The number of alkyl halides is 2. The van der Waals surface area contributed by atoms with Gasteiger partial charge in [0.2, 0.25) is 5.91 Å². The summed E-state index contributed by atoms with van der Waals surface area (Å²) >= 11 is 1.50. The van der Waals surface area contributed by atoms with E-state index in [0.717, 1.165) is 4.96 Å². The van der Waals surface area contributed by atoms with Crippen LogP contribution in [0.5, 0.6) is 5.75 Å². The van der Waals surface area contributed by atoms with Crippen LogP contribution in [0.15, 0.2) is 42.0 Å². The third-order valence-corrected chi connectivity index (χ3v) is 3.87. The molecular formula is C15H13F2N3O2S. The van der Waals surface area contributed by atoms with E-state index >= 15 is 0 Å². The molecule has 0 saturated carbocycles. The predicted molar refractivity (Wildman–Crippen MR) is 81.7 cm³/mol. The Bertz CT molecular complexity index is 787. The van der Waals surface area contributed by atoms with E-state index in [1.807, 2.05) is 22.2 Å². The summed E-state index contributed by atoms with van der Waals surface area (Å²) in [7, 11) is 0. The van der Waals surface area contributed by atoms with Crippen LogP contribution in [0.2, 0.25) is 0 Å². The summed E-state index contributed by atoms with van der Waals surface area (Å²) in [5.41, 5.74) is 1.37. The van der Waals surface area contributed by atoms with E-state index in [-0.39, 0.29) is 24.6 Å². The van der Waals surface area contributed by atoms with E-state index < -0.39 is 6.61 Å². The lowest BCUT2D eigenvalue weighted by Gasteiger charge is -2.08. The number of amides is 1. The van der Waals surface area contributed by atoms with Crippen molar-refractivity contribution in [2.45, 2.75) is 19.6 Å². The van der Waals surface area contributed by atoms with Crippen molar-refractivity contribution < 1.29 is 18.3 Å². The van der Waals surface area contributed by atoms with Gasteiger partial charge in [-0.25, -0.2) is 4.98 Å². The van der Waals surface area contributed by atoms with Gasteiger partial charge in [0.15, 0.2) is 4.96 Å². The normalized spacial score (nSPS) is 11.1. The lowest BCUT2D eigenvalue weighted by atomic mass is 10.2. The molecular weight excluding hydrogens is 324 g/mol. The first-order chi connectivity index (χ1) is 11.1. The Morgan fingerprint density at radius 3 is 3.09 bits per heavy atom. The number of aromatic nitrogens is 2. The van der Waals surface area contributed by atoms with Gasteiger partial charge in [-0.05, 0) is 17.7 Å². The zero-order valence-electron chi connectivity index (χ0n) is 11.9. The van der Waals surface area contributed by atoms with E-state index in [1.165, 1.54) is 23.5 Å². The summed E-state index contributed by atoms with van der Waals surface area (Å²) in [6.07, 6.45) is 3.85. The first-order valence-electron chi connectivity index (χ1n) is 6.82. The number of nitrogens with zero attached hydrogens (tertiary/aromatic N) is 2. The number of hydrogen-bond donors (Lipinski definition) is 1. The maximum atomic E-state index is 12.2. The largest absolute Gasteiger partial charge is 0.435 e. The van der Waals surface area contributed by atoms with Crippen molar-refractivity contribution in [2.75, 3.05) is 0 Å². The number of ether oxygens (including phenoxy) is 1. The molecule has 23 heavy (non-hydrogen) atoms. The van der Waals surface area contributed by atoms with Crippen LogP contribution >= 0.6 is 11.3 Å². The number of rotatable bonds is 6. The topological polar surface area (TPSA) is 55.6 Å². The quantitative estimate of drug-likeness (QED) is 0.752. The first-order valence-corrected chi connectivity index (χ1v) is 7.69. The maximum absolute atomic E-state index is 12.2. The number of carbonyl (C=O) groups is 1. The summed E-state index contributed by atoms with van der Waals surface area (Å²) < 4.78 is 30.5. The number of imidazole rings is 1. The zero-order chi connectivity index (χ0) is 16.2. The number of carbonyl (C=O) groups excluding carboxylic acids is 1. The maximum Gasteiger partial charge on any atom is 0.387 e. The van der Waals surface area contributed by atoms with Crippen molar-refractivity contribution in [1.82, 2.24) is 14.7 Å². The lowest BCUT2D eigenvalue weighted by molar-refractivity contribution is -0.120. The molecule has 0 spiro atoms.